The molecule has 316 valence electrons. The third-order valence-electron chi connectivity index (χ3n) is 15.8. The molecule has 11 aromatic rings. The minimum atomic E-state index is -0.353. The quantitative estimate of drug-likeness (QED) is 0.160. The Hall–Kier alpha value is -7.63. The van der Waals surface area contributed by atoms with E-state index in [0.717, 1.165) is 46.1 Å². The Bertz CT molecular complexity index is 3560. The molecule has 0 atom stereocenters. The van der Waals surface area contributed by atoms with Crippen molar-refractivity contribution in [2.45, 2.75) is 37.5 Å². The minimum Gasteiger partial charge on any atom is -0.309 e. The monoisotopic (exact) mass is 849 g/mol. The van der Waals surface area contributed by atoms with E-state index in [0.29, 0.717) is 11.8 Å². The molecule has 0 unspecified atom stereocenters. The van der Waals surface area contributed by atoms with Crippen molar-refractivity contribution >= 4 is 43.6 Å². The topological polar surface area (TPSA) is 48.5 Å². The van der Waals surface area contributed by atoms with Gasteiger partial charge in [0.25, 0.3) is 0 Å². The van der Waals surface area contributed by atoms with Crippen LogP contribution in [0.5, 0.6) is 0 Å². The summed E-state index contributed by atoms with van der Waals surface area (Å²) in [6.45, 7) is 0. The predicted octanol–water partition coefficient (Wildman–Crippen LogP) is 14.8. The van der Waals surface area contributed by atoms with Gasteiger partial charge in [-0.1, -0.05) is 133 Å². The highest BCUT2D eigenvalue weighted by Crippen LogP contribution is 2.65. The molecule has 4 aliphatic carbocycles. The van der Waals surface area contributed by atoms with E-state index in [1.807, 2.05) is 0 Å². The Morgan fingerprint density at radius 1 is 0.348 bits per heavy atom. The summed E-state index contributed by atoms with van der Waals surface area (Å²) in [5.41, 5.74) is 12.6. The molecule has 5 nitrogen and oxygen atoms in total. The molecule has 4 fully saturated rings. The molecule has 4 saturated carbocycles. The molecule has 66 heavy (non-hydrogen) atoms. The van der Waals surface area contributed by atoms with Crippen LogP contribution in [0.15, 0.2) is 200 Å². The van der Waals surface area contributed by atoms with E-state index >= 15 is 0 Å². The normalized spacial score (nSPS) is 21.1. The fourth-order valence-corrected chi connectivity index (χ4v) is 13.2. The second-order valence-electron chi connectivity index (χ2n) is 19.3. The summed E-state index contributed by atoms with van der Waals surface area (Å²) in [7, 11) is 0. The molecule has 4 aliphatic rings. The van der Waals surface area contributed by atoms with Crippen LogP contribution in [0.3, 0.4) is 0 Å². The van der Waals surface area contributed by atoms with E-state index < -0.39 is 0 Å². The molecule has 3 heterocycles. The molecular formula is C61H47N5. The maximum absolute atomic E-state index is 5.61. The van der Waals surface area contributed by atoms with Crippen molar-refractivity contribution in [2.24, 2.45) is 23.7 Å². The SMILES string of the molecule is c1ccc(-c2nc(-c3ccccc3)nc(C3(c4ccc5c(c4)c4cc(-c6ccc7c(c6)c6ccccc6n7-c6ccccc6)ccc4n5-c4ccccc4)C4CC5CC(C4)CC3C5)n2)cc1. The number of benzene rings is 8. The van der Waals surface area contributed by atoms with Crippen LogP contribution in [0.2, 0.25) is 0 Å². The van der Waals surface area contributed by atoms with Gasteiger partial charge in [0.15, 0.2) is 11.6 Å². The van der Waals surface area contributed by atoms with Crippen LogP contribution >= 0.6 is 0 Å². The minimum absolute atomic E-state index is 0.353. The molecule has 0 radical (unpaired) electrons. The summed E-state index contributed by atoms with van der Waals surface area (Å²) in [5.74, 6) is 4.89. The van der Waals surface area contributed by atoms with E-state index in [1.165, 1.54) is 98.1 Å². The van der Waals surface area contributed by atoms with Gasteiger partial charge in [-0.25, -0.2) is 15.0 Å². The van der Waals surface area contributed by atoms with Crippen molar-refractivity contribution in [1.82, 2.24) is 24.1 Å². The van der Waals surface area contributed by atoms with Crippen molar-refractivity contribution in [3.63, 3.8) is 0 Å². The second kappa shape index (κ2) is 14.7. The first-order valence-corrected chi connectivity index (χ1v) is 23.8. The first-order chi connectivity index (χ1) is 32.7. The van der Waals surface area contributed by atoms with Crippen molar-refractivity contribution in [1.29, 1.82) is 0 Å². The van der Waals surface area contributed by atoms with Crippen LogP contribution in [0.25, 0.3) is 88.9 Å². The van der Waals surface area contributed by atoms with Gasteiger partial charge in [-0.2, -0.15) is 0 Å². The van der Waals surface area contributed by atoms with Crippen LogP contribution in [0, 0.1) is 23.7 Å². The van der Waals surface area contributed by atoms with Crippen LogP contribution in [0.1, 0.15) is 43.5 Å². The highest BCUT2D eigenvalue weighted by molar-refractivity contribution is 6.13. The Morgan fingerprint density at radius 2 is 0.773 bits per heavy atom. The van der Waals surface area contributed by atoms with E-state index in [1.54, 1.807) is 0 Å². The summed E-state index contributed by atoms with van der Waals surface area (Å²) in [4.78, 5) is 16.4. The molecule has 0 saturated heterocycles. The zero-order chi connectivity index (χ0) is 43.3. The van der Waals surface area contributed by atoms with Crippen molar-refractivity contribution < 1.29 is 0 Å². The lowest BCUT2D eigenvalue weighted by molar-refractivity contribution is -0.0453. The van der Waals surface area contributed by atoms with Gasteiger partial charge in [0.05, 0.1) is 27.5 Å². The van der Waals surface area contributed by atoms with Gasteiger partial charge < -0.3 is 9.13 Å². The molecule has 3 aromatic heterocycles. The Kier molecular flexibility index (Phi) is 8.40. The standard InChI is InChI=1S/C61H47N5/c1-5-15-41(16-6-1)58-62-59(42-17-7-2-8-18-42)64-60(63-58)61(46-32-39-31-40(34-46)35-47(61)33-39)45-27-30-57-53(38-45)52-37-44(26-29-56(52)66(57)49-21-11-4-12-22-49)43-25-28-55-51(36-43)50-23-13-14-24-54(50)65(55)48-19-9-3-10-20-48/h1-30,36-40,46-47H,31-35H2. The predicted molar refractivity (Wildman–Crippen MR) is 269 cm³/mol. The molecule has 0 amide bonds. The number of hydrogen-bond acceptors (Lipinski definition) is 3. The summed E-state index contributed by atoms with van der Waals surface area (Å²) in [5, 5.41) is 5.04. The first-order valence-electron chi connectivity index (χ1n) is 23.8. The third kappa shape index (κ3) is 5.68. The maximum Gasteiger partial charge on any atom is 0.163 e. The molecule has 8 aromatic carbocycles. The average molecular weight is 850 g/mol. The average Bonchev–Trinajstić information content (AvgIpc) is 3.89. The van der Waals surface area contributed by atoms with E-state index in [-0.39, 0.29) is 5.41 Å². The molecule has 4 bridgehead atoms. The molecule has 0 N–H and O–H groups in total. The van der Waals surface area contributed by atoms with Crippen LogP contribution < -0.4 is 0 Å². The molecular weight excluding hydrogens is 803 g/mol. The molecule has 5 heteroatoms. The lowest BCUT2D eigenvalue weighted by Gasteiger charge is -2.60. The number of rotatable bonds is 7. The Balaban J connectivity index is 1.00. The van der Waals surface area contributed by atoms with Crippen LogP contribution in [-0.4, -0.2) is 24.1 Å². The van der Waals surface area contributed by atoms with Gasteiger partial charge in [-0.15, -0.1) is 0 Å². The summed E-state index contributed by atoms with van der Waals surface area (Å²) >= 11 is 0. The van der Waals surface area contributed by atoms with Gasteiger partial charge >= 0.3 is 0 Å². The molecule has 0 spiro atoms. The molecule has 15 rings (SSSR count). The van der Waals surface area contributed by atoms with Gasteiger partial charge in [0, 0.05) is 44.0 Å². The second-order valence-corrected chi connectivity index (χ2v) is 19.3. The fourth-order valence-electron chi connectivity index (χ4n) is 13.2. The largest absolute Gasteiger partial charge is 0.309 e. The third-order valence-corrected chi connectivity index (χ3v) is 15.8. The number of hydrogen-bond donors (Lipinski definition) is 0. The van der Waals surface area contributed by atoms with Gasteiger partial charge in [0.2, 0.25) is 0 Å². The smallest absolute Gasteiger partial charge is 0.163 e. The maximum atomic E-state index is 5.61. The fraction of sp³-hybridized carbons (Fsp3) is 0.164. The van der Waals surface area contributed by atoms with Crippen molar-refractivity contribution in [3.05, 3.63) is 212 Å². The van der Waals surface area contributed by atoms with E-state index in [4.69, 9.17) is 15.0 Å². The number of aromatic nitrogens is 5. The summed E-state index contributed by atoms with van der Waals surface area (Å²) < 4.78 is 4.85. The van der Waals surface area contributed by atoms with Crippen molar-refractivity contribution in [2.75, 3.05) is 0 Å². The zero-order valence-corrected chi connectivity index (χ0v) is 36.6. The number of nitrogens with zero attached hydrogens (tertiary/aromatic N) is 5. The lowest BCUT2D eigenvalue weighted by atomic mass is 9.43. The molecule has 0 aliphatic heterocycles. The number of fused-ring (bicyclic) bond motifs is 6. The van der Waals surface area contributed by atoms with E-state index in [2.05, 4.69) is 209 Å². The lowest BCUT2D eigenvalue weighted by Crippen LogP contribution is -2.57. The highest BCUT2D eigenvalue weighted by Gasteiger charge is 2.60. The van der Waals surface area contributed by atoms with Gasteiger partial charge in [-0.05, 0) is 139 Å². The van der Waals surface area contributed by atoms with Crippen LogP contribution in [0.4, 0.5) is 0 Å². The zero-order valence-electron chi connectivity index (χ0n) is 36.6. The van der Waals surface area contributed by atoms with Crippen molar-refractivity contribution in [3.8, 4) is 45.3 Å². The number of para-hydroxylation sites is 3. The van der Waals surface area contributed by atoms with Crippen LogP contribution in [-0.2, 0) is 5.41 Å². The summed E-state index contributed by atoms with van der Waals surface area (Å²) in [6, 6.07) is 73.0. The highest BCUT2D eigenvalue weighted by atomic mass is 15.1. The first kappa shape index (κ1) is 37.7. The Morgan fingerprint density at radius 3 is 1.30 bits per heavy atom. The van der Waals surface area contributed by atoms with Gasteiger partial charge in [0.1, 0.15) is 5.82 Å². The van der Waals surface area contributed by atoms with Gasteiger partial charge in [-0.3, -0.25) is 0 Å². The summed E-state index contributed by atoms with van der Waals surface area (Å²) in [6.07, 6.45) is 6.25. The van der Waals surface area contributed by atoms with E-state index in [9.17, 15) is 0 Å². The Labute approximate surface area is 384 Å².